The Morgan fingerprint density at radius 2 is 1.74 bits per heavy atom. The van der Waals surface area contributed by atoms with E-state index in [-0.39, 0.29) is 37.1 Å². The van der Waals surface area contributed by atoms with E-state index in [9.17, 15) is 14.4 Å². The van der Waals surface area contributed by atoms with E-state index in [4.69, 9.17) is 0 Å². The number of hydrogen-bond acceptors (Lipinski definition) is 4. The third kappa shape index (κ3) is 3.42. The Kier molecular flexibility index (Phi) is 4.14. The molecule has 6 nitrogen and oxygen atoms in total. The maximum absolute atomic E-state index is 12.0. The maximum atomic E-state index is 12.0. The predicted molar refractivity (Wildman–Crippen MR) is 83.4 cm³/mol. The smallest absolute Gasteiger partial charge is 0.274 e. The van der Waals surface area contributed by atoms with Gasteiger partial charge in [0.1, 0.15) is 5.69 Å². The first-order chi connectivity index (χ1) is 11.1. The Morgan fingerprint density at radius 3 is 2.35 bits per heavy atom. The summed E-state index contributed by atoms with van der Waals surface area (Å²) in [7, 11) is 0. The van der Waals surface area contributed by atoms with Crippen LogP contribution in [0.5, 0.6) is 0 Å². The van der Waals surface area contributed by atoms with Crippen LogP contribution in [0.3, 0.4) is 0 Å². The van der Waals surface area contributed by atoms with Gasteiger partial charge >= 0.3 is 0 Å². The molecule has 1 aliphatic rings. The van der Waals surface area contributed by atoms with Gasteiger partial charge in [-0.25, -0.2) is 0 Å². The lowest BCUT2D eigenvalue weighted by molar-refractivity contribution is -0.139. The zero-order valence-electron chi connectivity index (χ0n) is 12.4. The third-order valence-corrected chi connectivity index (χ3v) is 3.60. The van der Waals surface area contributed by atoms with Crippen LogP contribution in [0.25, 0.3) is 0 Å². The average Bonchev–Trinajstić information content (AvgIpc) is 2.89. The Bertz CT molecular complexity index is 725. The number of aromatic nitrogens is 1. The van der Waals surface area contributed by atoms with Crippen molar-refractivity contribution in [3.63, 3.8) is 0 Å². The predicted octanol–water partition coefficient (Wildman–Crippen LogP) is 1.98. The highest BCUT2D eigenvalue weighted by atomic mass is 16.2. The van der Waals surface area contributed by atoms with Gasteiger partial charge in [-0.1, -0.05) is 18.2 Å². The number of nitrogens with one attached hydrogen (secondary N) is 1. The van der Waals surface area contributed by atoms with E-state index >= 15 is 0 Å². The molecule has 1 aliphatic heterocycles. The number of nitrogens with zero attached hydrogens (tertiary/aromatic N) is 2. The standard InChI is InChI=1S/C17H15N3O3/c21-15-8-9-16(22)20(15)11-12-4-6-13(7-5-12)19-17(23)14-3-1-2-10-18-14/h1-7,10H,8-9,11H2,(H,19,23). The first-order valence-corrected chi connectivity index (χ1v) is 7.28. The minimum atomic E-state index is -0.289. The highest BCUT2D eigenvalue weighted by Gasteiger charge is 2.28. The summed E-state index contributed by atoms with van der Waals surface area (Å²) in [6.45, 7) is 0.270. The maximum Gasteiger partial charge on any atom is 0.274 e. The lowest BCUT2D eigenvalue weighted by atomic mass is 10.2. The number of carbonyl (C=O) groups is 3. The van der Waals surface area contributed by atoms with Crippen LogP contribution in [0, 0.1) is 0 Å². The van der Waals surface area contributed by atoms with E-state index in [0.717, 1.165) is 5.56 Å². The fraction of sp³-hybridized carbons (Fsp3) is 0.176. The van der Waals surface area contributed by atoms with Crippen LogP contribution < -0.4 is 5.32 Å². The second kappa shape index (κ2) is 6.39. The van der Waals surface area contributed by atoms with Gasteiger partial charge in [0.2, 0.25) is 11.8 Å². The van der Waals surface area contributed by atoms with Crippen molar-refractivity contribution in [2.45, 2.75) is 19.4 Å². The molecule has 0 radical (unpaired) electrons. The zero-order chi connectivity index (χ0) is 16.2. The van der Waals surface area contributed by atoms with E-state index in [1.165, 1.54) is 4.90 Å². The quantitative estimate of drug-likeness (QED) is 0.876. The summed E-state index contributed by atoms with van der Waals surface area (Å²) < 4.78 is 0. The molecule has 0 atom stereocenters. The fourth-order valence-corrected chi connectivity index (χ4v) is 2.37. The minimum Gasteiger partial charge on any atom is -0.321 e. The topological polar surface area (TPSA) is 79.4 Å². The van der Waals surface area contributed by atoms with Crippen LogP contribution >= 0.6 is 0 Å². The number of pyridine rings is 1. The summed E-state index contributed by atoms with van der Waals surface area (Å²) in [4.78, 5) is 40.4. The zero-order valence-corrected chi connectivity index (χ0v) is 12.4. The van der Waals surface area contributed by atoms with Crippen molar-refractivity contribution in [2.24, 2.45) is 0 Å². The number of anilines is 1. The number of amides is 3. The van der Waals surface area contributed by atoms with Crippen LogP contribution in [0.15, 0.2) is 48.7 Å². The highest BCUT2D eigenvalue weighted by Crippen LogP contribution is 2.17. The molecular formula is C17H15N3O3. The van der Waals surface area contributed by atoms with Crippen molar-refractivity contribution in [3.05, 3.63) is 59.9 Å². The largest absolute Gasteiger partial charge is 0.321 e. The van der Waals surface area contributed by atoms with Gasteiger partial charge < -0.3 is 5.32 Å². The Hall–Kier alpha value is -3.02. The minimum absolute atomic E-state index is 0.137. The molecular weight excluding hydrogens is 294 g/mol. The fourth-order valence-electron chi connectivity index (χ4n) is 2.37. The number of imide groups is 1. The van der Waals surface area contributed by atoms with Crippen molar-refractivity contribution >= 4 is 23.4 Å². The Balaban J connectivity index is 1.64. The Labute approximate surface area is 133 Å². The molecule has 0 unspecified atom stereocenters. The Morgan fingerprint density at radius 1 is 1.04 bits per heavy atom. The van der Waals surface area contributed by atoms with Crippen molar-refractivity contribution in [1.82, 2.24) is 9.88 Å². The van der Waals surface area contributed by atoms with E-state index < -0.39 is 0 Å². The van der Waals surface area contributed by atoms with E-state index in [2.05, 4.69) is 10.3 Å². The first kappa shape index (κ1) is 14.9. The lowest BCUT2D eigenvalue weighted by Gasteiger charge is -2.14. The average molecular weight is 309 g/mol. The molecule has 1 saturated heterocycles. The first-order valence-electron chi connectivity index (χ1n) is 7.28. The summed E-state index contributed by atoms with van der Waals surface area (Å²) in [5, 5.41) is 2.75. The van der Waals surface area contributed by atoms with Gasteiger partial charge in [-0.05, 0) is 29.8 Å². The van der Waals surface area contributed by atoms with Gasteiger partial charge in [0, 0.05) is 24.7 Å². The number of likely N-dealkylation sites (tertiary alicyclic amines) is 1. The van der Waals surface area contributed by atoms with Crippen LogP contribution in [0.2, 0.25) is 0 Å². The molecule has 0 spiro atoms. The molecule has 116 valence electrons. The lowest BCUT2D eigenvalue weighted by Crippen LogP contribution is -2.28. The van der Waals surface area contributed by atoms with Crippen molar-refractivity contribution in [1.29, 1.82) is 0 Å². The summed E-state index contributed by atoms with van der Waals surface area (Å²) in [5.41, 5.74) is 1.80. The van der Waals surface area contributed by atoms with Crippen LogP contribution in [0.4, 0.5) is 5.69 Å². The molecule has 1 N–H and O–H groups in total. The molecule has 3 rings (SSSR count). The normalized spacial score (nSPS) is 14.2. The van der Waals surface area contributed by atoms with Gasteiger partial charge in [0.05, 0.1) is 6.54 Å². The van der Waals surface area contributed by atoms with Gasteiger partial charge in [-0.15, -0.1) is 0 Å². The number of carbonyl (C=O) groups excluding carboxylic acids is 3. The molecule has 23 heavy (non-hydrogen) atoms. The van der Waals surface area contributed by atoms with Crippen LogP contribution in [0.1, 0.15) is 28.9 Å². The summed E-state index contributed by atoms with van der Waals surface area (Å²) in [5.74, 6) is -0.562. The highest BCUT2D eigenvalue weighted by molar-refractivity contribution is 6.03. The van der Waals surface area contributed by atoms with Gasteiger partial charge in [0.25, 0.3) is 5.91 Å². The molecule has 1 fully saturated rings. The molecule has 0 bridgehead atoms. The van der Waals surface area contributed by atoms with Gasteiger partial charge in [0.15, 0.2) is 0 Å². The van der Waals surface area contributed by atoms with Gasteiger partial charge in [-0.3, -0.25) is 24.3 Å². The summed E-state index contributed by atoms with van der Waals surface area (Å²) in [6, 6.07) is 12.2. The SMILES string of the molecule is O=C(Nc1ccc(CN2C(=O)CCC2=O)cc1)c1ccccn1. The van der Waals surface area contributed by atoms with E-state index in [1.54, 1.807) is 48.7 Å². The molecule has 0 aliphatic carbocycles. The molecule has 6 heteroatoms. The van der Waals surface area contributed by atoms with Crippen LogP contribution in [-0.4, -0.2) is 27.6 Å². The summed E-state index contributed by atoms with van der Waals surface area (Å²) >= 11 is 0. The van der Waals surface area contributed by atoms with Crippen LogP contribution in [-0.2, 0) is 16.1 Å². The molecule has 3 amide bonds. The molecule has 2 aromatic rings. The molecule has 2 heterocycles. The van der Waals surface area contributed by atoms with Gasteiger partial charge in [-0.2, -0.15) is 0 Å². The second-order valence-electron chi connectivity index (χ2n) is 5.24. The van der Waals surface area contributed by atoms with E-state index in [0.29, 0.717) is 11.4 Å². The van der Waals surface area contributed by atoms with E-state index in [1.807, 2.05) is 0 Å². The third-order valence-electron chi connectivity index (χ3n) is 3.60. The molecule has 0 saturated carbocycles. The van der Waals surface area contributed by atoms with Crippen molar-refractivity contribution in [3.8, 4) is 0 Å². The molecule has 1 aromatic carbocycles. The number of rotatable bonds is 4. The number of benzene rings is 1. The molecule has 1 aromatic heterocycles. The van der Waals surface area contributed by atoms with Crippen molar-refractivity contribution in [2.75, 3.05) is 5.32 Å². The second-order valence-corrected chi connectivity index (χ2v) is 5.24. The monoisotopic (exact) mass is 309 g/mol. The van der Waals surface area contributed by atoms with Crippen molar-refractivity contribution < 1.29 is 14.4 Å². The number of hydrogen-bond donors (Lipinski definition) is 1. The summed E-state index contributed by atoms with van der Waals surface area (Å²) in [6.07, 6.45) is 2.14.